The van der Waals surface area contributed by atoms with Gasteiger partial charge in [0.2, 0.25) is 0 Å². The van der Waals surface area contributed by atoms with Crippen LogP contribution in [0.1, 0.15) is 10.5 Å². The zero-order valence-electron chi connectivity index (χ0n) is 6.04. The molecule has 1 rings (SSSR count). The molecule has 0 bridgehead atoms. The van der Waals surface area contributed by atoms with Gasteiger partial charge in [-0.3, -0.25) is 0 Å². The molecular weight excluding hydrogens is 191 g/mol. The van der Waals surface area contributed by atoms with Crippen LogP contribution < -0.4 is 5.73 Å². The Balaban J connectivity index is 3.18. The maximum atomic E-state index is 12.0. The third-order valence-corrected chi connectivity index (χ3v) is 1.20. The number of halogens is 3. The zero-order chi connectivity index (χ0) is 10.2. The Morgan fingerprint density at radius 2 is 2.15 bits per heavy atom. The second-order valence-corrected chi connectivity index (χ2v) is 2.14. The van der Waals surface area contributed by atoms with Crippen molar-refractivity contribution in [2.75, 3.05) is 5.73 Å². The first kappa shape index (κ1) is 9.36. The highest BCUT2D eigenvalue weighted by Crippen LogP contribution is 2.24. The number of alkyl halides is 3. The lowest BCUT2D eigenvalue weighted by Crippen LogP contribution is -2.20. The number of hydrogen-bond donors (Lipinski definition) is 2. The number of anilines is 1. The van der Waals surface area contributed by atoms with E-state index in [1.807, 2.05) is 0 Å². The average Bonchev–Trinajstić information content (AvgIpc) is 2.29. The van der Waals surface area contributed by atoms with Crippen LogP contribution in [-0.2, 0) is 6.30 Å². The predicted octanol–water partition coefficient (Wildman–Crippen LogP) is 0.640. The second kappa shape index (κ2) is 2.64. The van der Waals surface area contributed by atoms with Crippen molar-refractivity contribution in [3.63, 3.8) is 0 Å². The van der Waals surface area contributed by atoms with E-state index < -0.39 is 28.5 Å². The average molecular weight is 195 g/mol. The number of carboxylic acids is 1. The van der Waals surface area contributed by atoms with Crippen LogP contribution in [0.4, 0.5) is 19.0 Å². The molecule has 0 amide bonds. The lowest BCUT2D eigenvalue weighted by Gasteiger charge is -2.06. The molecule has 0 fully saturated rings. The minimum absolute atomic E-state index is 0.504. The molecule has 0 radical (unpaired) electrons. The topological polar surface area (TPSA) is 81.1 Å². The fourth-order valence-corrected chi connectivity index (χ4v) is 0.703. The molecule has 0 aromatic carbocycles. The summed E-state index contributed by atoms with van der Waals surface area (Å²) in [7, 11) is 0. The van der Waals surface area contributed by atoms with Crippen LogP contribution in [-0.4, -0.2) is 20.9 Å². The lowest BCUT2D eigenvalue weighted by molar-refractivity contribution is -0.210. The number of aromatic carboxylic acids is 1. The van der Waals surface area contributed by atoms with Crippen LogP contribution in [0, 0.1) is 0 Å². The van der Waals surface area contributed by atoms with Crippen LogP contribution in [0.2, 0.25) is 0 Å². The van der Waals surface area contributed by atoms with Crippen molar-refractivity contribution in [2.45, 2.75) is 6.30 Å². The highest BCUT2D eigenvalue weighted by molar-refractivity contribution is 5.86. The lowest BCUT2D eigenvalue weighted by atomic mass is 10.4. The molecule has 72 valence electrons. The van der Waals surface area contributed by atoms with Crippen LogP contribution in [0.25, 0.3) is 0 Å². The van der Waals surface area contributed by atoms with Gasteiger partial charge in [0.15, 0.2) is 5.69 Å². The zero-order valence-corrected chi connectivity index (χ0v) is 6.04. The van der Waals surface area contributed by atoms with Crippen LogP contribution >= 0.6 is 0 Å². The quantitative estimate of drug-likeness (QED) is 0.688. The third-order valence-electron chi connectivity index (χ3n) is 1.20. The molecule has 13 heavy (non-hydrogen) atoms. The van der Waals surface area contributed by atoms with Gasteiger partial charge >= 0.3 is 12.3 Å². The van der Waals surface area contributed by atoms with Crippen LogP contribution in [0.5, 0.6) is 0 Å². The highest BCUT2D eigenvalue weighted by atomic mass is 19.4. The van der Waals surface area contributed by atoms with Crippen molar-refractivity contribution in [3.8, 4) is 0 Å². The van der Waals surface area contributed by atoms with E-state index in [9.17, 15) is 18.0 Å². The standard InChI is InChI=1S/C5H4F3N3O2/c6-5(7,8)11-3(9)1-2(10-11)4(12)13/h1H,9H2,(H,12,13). The predicted molar refractivity (Wildman–Crippen MR) is 34.9 cm³/mol. The molecule has 0 aliphatic rings. The molecule has 1 heterocycles. The Morgan fingerprint density at radius 1 is 1.62 bits per heavy atom. The van der Waals surface area contributed by atoms with E-state index in [4.69, 9.17) is 10.8 Å². The summed E-state index contributed by atoms with van der Waals surface area (Å²) in [6.45, 7) is 0. The van der Waals surface area contributed by atoms with Gasteiger partial charge in [0.1, 0.15) is 5.82 Å². The van der Waals surface area contributed by atoms with Gasteiger partial charge in [0.25, 0.3) is 0 Å². The Kier molecular flexibility index (Phi) is 1.90. The molecule has 3 N–H and O–H groups in total. The molecule has 0 saturated carbocycles. The summed E-state index contributed by atoms with van der Waals surface area (Å²) in [4.78, 5) is 10.2. The number of carbonyl (C=O) groups is 1. The summed E-state index contributed by atoms with van der Waals surface area (Å²) in [5.41, 5.74) is 4.14. The summed E-state index contributed by atoms with van der Waals surface area (Å²) in [5, 5.41) is 11.0. The number of rotatable bonds is 1. The molecule has 0 spiro atoms. The molecule has 5 nitrogen and oxygen atoms in total. The molecule has 0 aliphatic carbocycles. The number of aromatic nitrogens is 2. The number of nitrogens with zero attached hydrogens (tertiary/aromatic N) is 2. The molecule has 0 aliphatic heterocycles. The van der Waals surface area contributed by atoms with E-state index in [0.29, 0.717) is 6.07 Å². The largest absolute Gasteiger partial charge is 0.506 e. The number of hydrogen-bond acceptors (Lipinski definition) is 3. The van der Waals surface area contributed by atoms with Crippen molar-refractivity contribution in [1.82, 2.24) is 9.78 Å². The Hall–Kier alpha value is -1.73. The number of carboxylic acid groups (broad SMARTS) is 1. The molecule has 1 aromatic rings. The van der Waals surface area contributed by atoms with Crippen molar-refractivity contribution >= 4 is 11.8 Å². The summed E-state index contributed by atoms with van der Waals surface area (Å²) >= 11 is 0. The van der Waals surface area contributed by atoms with Crippen molar-refractivity contribution in [3.05, 3.63) is 11.8 Å². The molecular formula is C5H4F3N3O2. The Bertz CT molecular complexity index is 343. The first-order valence-corrected chi connectivity index (χ1v) is 2.98. The molecule has 8 heteroatoms. The second-order valence-electron chi connectivity index (χ2n) is 2.14. The van der Waals surface area contributed by atoms with Gasteiger partial charge in [-0.15, -0.1) is 13.2 Å². The number of nitrogens with two attached hydrogens (primary N) is 1. The normalized spacial score (nSPS) is 11.6. The van der Waals surface area contributed by atoms with Gasteiger partial charge in [-0.25, -0.2) is 4.79 Å². The SMILES string of the molecule is Nc1cc(C(=O)O)nn1C(F)(F)F. The van der Waals surface area contributed by atoms with Gasteiger partial charge < -0.3 is 10.8 Å². The summed E-state index contributed by atoms with van der Waals surface area (Å²) in [6.07, 6.45) is -4.79. The van der Waals surface area contributed by atoms with E-state index in [-0.39, 0.29) is 0 Å². The Labute approximate surface area is 69.6 Å². The highest BCUT2D eigenvalue weighted by Gasteiger charge is 2.34. The molecule has 0 atom stereocenters. The molecule has 0 saturated heterocycles. The minimum Gasteiger partial charge on any atom is -0.476 e. The van der Waals surface area contributed by atoms with E-state index in [1.54, 1.807) is 0 Å². The van der Waals surface area contributed by atoms with Gasteiger partial charge in [0, 0.05) is 6.07 Å². The van der Waals surface area contributed by atoms with Crippen LogP contribution in [0.15, 0.2) is 6.07 Å². The van der Waals surface area contributed by atoms with E-state index in [0.717, 1.165) is 0 Å². The van der Waals surface area contributed by atoms with Crippen molar-refractivity contribution in [2.24, 2.45) is 0 Å². The van der Waals surface area contributed by atoms with Crippen molar-refractivity contribution in [1.29, 1.82) is 0 Å². The van der Waals surface area contributed by atoms with Gasteiger partial charge in [-0.05, 0) is 0 Å². The fourth-order valence-electron chi connectivity index (χ4n) is 0.703. The summed E-state index contributed by atoms with van der Waals surface area (Å²) in [6, 6.07) is 0.635. The molecule has 1 aromatic heterocycles. The summed E-state index contributed by atoms with van der Waals surface area (Å²) in [5.74, 6) is -2.32. The Morgan fingerprint density at radius 3 is 2.38 bits per heavy atom. The van der Waals surface area contributed by atoms with E-state index in [1.165, 1.54) is 0 Å². The number of nitrogen functional groups attached to an aromatic ring is 1. The first-order chi connectivity index (χ1) is 5.82. The smallest absolute Gasteiger partial charge is 0.476 e. The van der Waals surface area contributed by atoms with Crippen LogP contribution in [0.3, 0.4) is 0 Å². The van der Waals surface area contributed by atoms with Crippen molar-refractivity contribution < 1.29 is 23.1 Å². The van der Waals surface area contributed by atoms with Gasteiger partial charge in [-0.2, -0.15) is 9.78 Å². The van der Waals surface area contributed by atoms with Gasteiger partial charge in [0.05, 0.1) is 0 Å². The first-order valence-electron chi connectivity index (χ1n) is 2.98. The minimum atomic E-state index is -4.79. The molecule has 0 unspecified atom stereocenters. The fraction of sp³-hybridized carbons (Fsp3) is 0.200. The van der Waals surface area contributed by atoms with E-state index >= 15 is 0 Å². The third kappa shape index (κ3) is 1.71. The maximum Gasteiger partial charge on any atom is 0.506 e. The maximum absolute atomic E-state index is 12.0. The van der Waals surface area contributed by atoms with E-state index in [2.05, 4.69) is 5.10 Å². The summed E-state index contributed by atoms with van der Waals surface area (Å²) < 4.78 is 35.4. The van der Waals surface area contributed by atoms with Gasteiger partial charge in [-0.1, -0.05) is 0 Å². The monoisotopic (exact) mass is 195 g/mol.